The molecule has 12 N–H and O–H groups in total. The van der Waals surface area contributed by atoms with Crippen LogP contribution in [0.2, 0.25) is 0 Å². The van der Waals surface area contributed by atoms with E-state index >= 15 is 0 Å². The minimum Gasteiger partial charge on any atom is -0.462 e. The Bertz CT molecular complexity index is 2540. The van der Waals surface area contributed by atoms with Crippen LogP contribution >= 0.6 is 31.3 Å². The van der Waals surface area contributed by atoms with E-state index in [-0.39, 0.29) is 23.0 Å². The summed E-state index contributed by atoms with van der Waals surface area (Å²) in [4.78, 5) is 45.2. The molecule has 5 fully saturated rings. The molecule has 9 rings (SSSR count). The van der Waals surface area contributed by atoms with Crippen LogP contribution in [0.25, 0.3) is 0 Å². The molecule has 0 spiro atoms. The Labute approximate surface area is 476 Å². The molecule has 5 aliphatic rings. The maximum atomic E-state index is 14.0. The summed E-state index contributed by atoms with van der Waals surface area (Å²) in [5.74, 6) is 0.123. The Morgan fingerprint density at radius 2 is 0.476 bits per heavy atom. The average molecular weight is 1270 g/mol. The molecule has 0 bridgehead atoms. The van der Waals surface area contributed by atoms with Crippen LogP contribution in [0.15, 0.2) is 121 Å². The fourth-order valence-electron chi connectivity index (χ4n) is 9.01. The van der Waals surface area contributed by atoms with Crippen LogP contribution in [0, 0.1) is 0 Å². The first-order valence-electron chi connectivity index (χ1n) is 25.4. The topological polar surface area (TPSA) is 459 Å². The molecule has 24 atom stereocenters. The van der Waals surface area contributed by atoms with Crippen LogP contribution in [0.4, 0.5) is 0 Å². The van der Waals surface area contributed by atoms with Crippen LogP contribution in [0.1, 0.15) is 0 Å². The van der Waals surface area contributed by atoms with E-state index in [1.165, 1.54) is 97.1 Å². The zero-order chi connectivity index (χ0) is 60.1. The summed E-state index contributed by atoms with van der Waals surface area (Å²) in [5.41, 5.74) is 0. The molecular formula is C48H60O32P4. The van der Waals surface area contributed by atoms with Crippen LogP contribution in [-0.2, 0) is 73.4 Å². The van der Waals surface area contributed by atoms with Gasteiger partial charge in [0.1, 0.15) is 121 Å². The predicted molar refractivity (Wildman–Crippen MR) is 274 cm³/mol. The van der Waals surface area contributed by atoms with E-state index in [0.717, 1.165) is 0 Å². The van der Waals surface area contributed by atoms with E-state index in [4.69, 9.17) is 74.1 Å². The van der Waals surface area contributed by atoms with Gasteiger partial charge in [-0.25, -0.2) is 18.3 Å². The summed E-state index contributed by atoms with van der Waals surface area (Å²) < 4.78 is 144. The van der Waals surface area contributed by atoms with Gasteiger partial charge in [0.2, 0.25) is 25.2 Å². The maximum Gasteiger partial charge on any atom is 0.472 e. The number of aliphatic hydroxyl groups excluding tert-OH is 8. The number of aliphatic hydroxyl groups is 8. The minimum atomic E-state index is -5.78. The molecular weight excluding hydrogens is 1210 g/mol. The van der Waals surface area contributed by atoms with Gasteiger partial charge in [-0.1, -0.05) is 72.8 Å². The van der Waals surface area contributed by atoms with Crippen molar-refractivity contribution >= 4 is 31.3 Å². The smallest absolute Gasteiger partial charge is 0.462 e. The van der Waals surface area contributed by atoms with Crippen molar-refractivity contribution in [2.75, 3.05) is 26.4 Å². The number of benzene rings is 4. The first-order chi connectivity index (χ1) is 39.8. The minimum absolute atomic E-state index is 0.0308. The van der Waals surface area contributed by atoms with Gasteiger partial charge >= 0.3 is 31.3 Å². The Hall–Kier alpha value is -3.96. The van der Waals surface area contributed by atoms with Crippen molar-refractivity contribution in [1.82, 2.24) is 0 Å². The molecule has 32 nitrogen and oxygen atoms in total. The molecule has 36 heteroatoms. The van der Waals surface area contributed by atoms with E-state index in [0.29, 0.717) is 0 Å². The summed E-state index contributed by atoms with van der Waals surface area (Å²) in [6, 6.07) is 29.8. The summed E-state index contributed by atoms with van der Waals surface area (Å²) in [6.07, 6.45) is -43.3. The highest BCUT2D eigenvalue weighted by Crippen LogP contribution is 2.54. The van der Waals surface area contributed by atoms with Gasteiger partial charge in [-0.15, -0.1) is 0 Å². The van der Waals surface area contributed by atoms with E-state index in [2.05, 4.69) is 0 Å². The van der Waals surface area contributed by atoms with Gasteiger partial charge in [-0.3, -0.25) is 36.2 Å². The number of hydrogen-bond acceptors (Lipinski definition) is 28. The summed E-state index contributed by atoms with van der Waals surface area (Å²) in [7, 11) is -23.1. The number of fused-ring (bicyclic) bond motifs is 4. The number of hydrogen-bond donors (Lipinski definition) is 12. The lowest BCUT2D eigenvalue weighted by molar-refractivity contribution is -0.282. The molecule has 4 aromatic carbocycles. The SMILES string of the molecule is O=P1(O)OC[C@H]2O[C@@H](Oc3ccccc3)[C@H](O)[C@@H](O)[C@@H]2OP(=O)(O)OC[C@H]2O[C@@H](Oc3ccccc3)[C@H](O)[C@@H](O)[C@@H]2OP(=O)(O)OC[C@@H]2O[C@@H](Oc3ccccc3)[C@H](O)[C@@H](O)[C@H]2OP(=O)(O)OC[C@@H]2O[C@@H](Oc3ccccc3)[C@H](O)[C@@H](O)[C@H]2O1. The zero-order valence-electron chi connectivity index (χ0n) is 43.2. The van der Waals surface area contributed by atoms with Crippen LogP contribution in [-0.4, -0.2) is 210 Å². The van der Waals surface area contributed by atoms with Gasteiger partial charge in [0, 0.05) is 0 Å². The van der Waals surface area contributed by atoms with Crippen molar-refractivity contribution in [2.24, 2.45) is 0 Å². The van der Waals surface area contributed by atoms with Crippen molar-refractivity contribution < 1.29 is 153 Å². The number of rotatable bonds is 8. The molecule has 0 saturated carbocycles. The monoisotopic (exact) mass is 1270 g/mol. The van der Waals surface area contributed by atoms with E-state index < -0.39 is 181 Å². The van der Waals surface area contributed by atoms with Crippen LogP contribution in [0.5, 0.6) is 23.0 Å². The lowest BCUT2D eigenvalue weighted by Gasteiger charge is -2.44. The highest BCUT2D eigenvalue weighted by atomic mass is 31.2. The van der Waals surface area contributed by atoms with Crippen LogP contribution < -0.4 is 18.9 Å². The second-order valence-electron chi connectivity index (χ2n) is 19.2. The van der Waals surface area contributed by atoms with E-state index in [9.17, 15) is 78.7 Å². The lowest BCUT2D eigenvalue weighted by atomic mass is 9.99. The largest absolute Gasteiger partial charge is 0.472 e. The van der Waals surface area contributed by atoms with Gasteiger partial charge in [-0.2, -0.15) is 0 Å². The normalized spacial score (nSPS) is 43.1. The van der Waals surface area contributed by atoms with Crippen molar-refractivity contribution in [3.05, 3.63) is 121 Å². The quantitative estimate of drug-likeness (QED) is 0.104. The second kappa shape index (κ2) is 27.6. The molecule has 84 heavy (non-hydrogen) atoms. The van der Waals surface area contributed by atoms with Crippen LogP contribution in [0.3, 0.4) is 0 Å². The number of ether oxygens (including phenoxy) is 8. The Morgan fingerprint density at radius 1 is 0.298 bits per heavy atom. The number of para-hydroxylation sites is 4. The molecule has 0 aromatic heterocycles. The van der Waals surface area contributed by atoms with Gasteiger partial charge in [0.15, 0.2) is 0 Å². The van der Waals surface area contributed by atoms with Crippen molar-refractivity contribution in [3.63, 3.8) is 0 Å². The second-order valence-corrected chi connectivity index (χ2v) is 24.8. The van der Waals surface area contributed by atoms with Crippen molar-refractivity contribution in [1.29, 1.82) is 0 Å². The first kappa shape index (κ1) is 64.5. The van der Waals surface area contributed by atoms with E-state index in [1.54, 1.807) is 24.3 Å². The number of phosphoric acid groups is 4. The third kappa shape index (κ3) is 16.4. The third-order valence-corrected chi connectivity index (χ3v) is 17.1. The number of phosphoric ester groups is 4. The Kier molecular flexibility index (Phi) is 21.2. The fraction of sp³-hybridized carbons (Fsp3) is 0.500. The highest BCUT2D eigenvalue weighted by Gasteiger charge is 2.56. The van der Waals surface area contributed by atoms with Gasteiger partial charge < -0.3 is 98.3 Å². The Morgan fingerprint density at radius 3 is 0.655 bits per heavy atom. The molecule has 0 amide bonds. The molecule has 4 aromatic rings. The molecule has 5 aliphatic heterocycles. The first-order valence-corrected chi connectivity index (χ1v) is 31.4. The highest BCUT2D eigenvalue weighted by molar-refractivity contribution is 7.48. The van der Waals surface area contributed by atoms with Gasteiger partial charge in [-0.05, 0) is 48.5 Å². The van der Waals surface area contributed by atoms with Crippen molar-refractivity contribution in [2.45, 2.75) is 123 Å². The van der Waals surface area contributed by atoms with Crippen molar-refractivity contribution in [3.8, 4) is 23.0 Å². The molecule has 0 radical (unpaired) electrons. The fourth-order valence-corrected chi connectivity index (χ4v) is 12.9. The lowest BCUT2D eigenvalue weighted by Crippen LogP contribution is -2.61. The average Bonchev–Trinajstić information content (AvgIpc) is 3.23. The summed E-state index contributed by atoms with van der Waals surface area (Å²) >= 11 is 0. The van der Waals surface area contributed by atoms with Gasteiger partial charge in [0.25, 0.3) is 0 Å². The summed E-state index contributed by atoms with van der Waals surface area (Å²) in [6.45, 7) is -5.29. The van der Waals surface area contributed by atoms with E-state index in [1.807, 2.05) is 0 Å². The predicted octanol–water partition coefficient (Wildman–Crippen LogP) is 0.112. The van der Waals surface area contributed by atoms with Gasteiger partial charge in [0.05, 0.1) is 26.4 Å². The molecule has 0 aliphatic carbocycles. The standard InChI is InChI=1S/C48H60O32P4/c49-33-37(53)45(69-25-13-5-1-6-14-25)73-29-21-65-81(57,58)78-42-31(75-46(38(54)34(42)50)70-26-15-7-2-8-16-26)23-67-83(61,62)80-44-32(76-48(40(56)36(44)52)72-28-19-11-4-12-20-28)24-68-84(63,64)79-43-30(22-66-82(59,60)77-41(29)33)74-47(39(55)35(43)51)71-27-17-9-3-10-18-27/h1-20,29-56H,21-24H2,(H,57,58)(H,59,60)(H,61,62)(H,63,64)/t29-,30-,31+,32+,33-,34-,35-,36-,37-,38-,39-,40-,41-,42+,43-,44+,45-,46-,47-,48-/m1/s1. The maximum absolute atomic E-state index is 14.0. The summed E-state index contributed by atoms with van der Waals surface area (Å²) in [5, 5.41) is 91.0. The molecule has 4 unspecified atom stereocenters. The molecule has 464 valence electrons. The zero-order valence-corrected chi connectivity index (χ0v) is 46.8. The molecule has 5 heterocycles. The Balaban J connectivity index is 1.06. The molecule has 5 saturated heterocycles. The third-order valence-electron chi connectivity index (χ3n) is 13.2.